The van der Waals surface area contributed by atoms with Gasteiger partial charge in [0.1, 0.15) is 5.75 Å². The quantitative estimate of drug-likeness (QED) is 0.473. The third kappa shape index (κ3) is 4.97. The molecule has 0 amide bonds. The minimum atomic E-state index is -4.71. The van der Waals surface area contributed by atoms with E-state index in [2.05, 4.69) is 4.74 Å². The van der Waals surface area contributed by atoms with E-state index in [-0.39, 0.29) is 11.5 Å². The van der Waals surface area contributed by atoms with E-state index in [0.717, 1.165) is 0 Å². The largest absolute Gasteiger partial charge is 0.573 e. The van der Waals surface area contributed by atoms with Gasteiger partial charge >= 0.3 is 6.36 Å². The van der Waals surface area contributed by atoms with Crippen LogP contribution >= 0.6 is 0 Å². The Morgan fingerprint density at radius 3 is 2.15 bits per heavy atom. The summed E-state index contributed by atoms with van der Waals surface area (Å²) >= 11 is 0. The molecule has 2 aromatic carbocycles. The number of carbonyl (C=O) groups is 1. The first-order chi connectivity index (χ1) is 12.4. The number of carbonyl (C=O) groups excluding carboxylic acids is 1. The van der Waals surface area contributed by atoms with E-state index in [1.807, 2.05) is 24.3 Å². The maximum Gasteiger partial charge on any atom is 0.573 e. The van der Waals surface area contributed by atoms with Crippen molar-refractivity contribution < 1.29 is 22.7 Å². The molecule has 3 rings (SSSR count). The zero-order valence-electron chi connectivity index (χ0n) is 14.1. The van der Waals surface area contributed by atoms with Crippen molar-refractivity contribution >= 4 is 11.9 Å². The number of ketones is 1. The lowest BCUT2D eigenvalue weighted by Crippen LogP contribution is -2.16. The van der Waals surface area contributed by atoms with E-state index in [9.17, 15) is 18.0 Å². The number of hydrogen-bond acceptors (Lipinski definition) is 2. The molecule has 1 aliphatic carbocycles. The van der Waals surface area contributed by atoms with Gasteiger partial charge in [0, 0.05) is 5.56 Å². The molecule has 0 saturated heterocycles. The first kappa shape index (κ1) is 18.2. The molecule has 1 aliphatic rings. The Balaban J connectivity index is 1.61. The first-order valence-corrected chi connectivity index (χ1v) is 8.59. The molecule has 136 valence electrons. The smallest absolute Gasteiger partial charge is 0.406 e. The van der Waals surface area contributed by atoms with Crippen molar-refractivity contribution in [1.29, 1.82) is 0 Å². The Morgan fingerprint density at radius 1 is 0.962 bits per heavy atom. The molecule has 0 aromatic heterocycles. The second kappa shape index (κ2) is 7.77. The van der Waals surface area contributed by atoms with Crippen LogP contribution in [0, 0.1) is 0 Å². The van der Waals surface area contributed by atoms with Crippen LogP contribution in [0.1, 0.15) is 53.1 Å². The molecular formula is C21H19F3O2. The summed E-state index contributed by atoms with van der Waals surface area (Å²) in [5, 5.41) is 0. The van der Waals surface area contributed by atoms with Crippen LogP contribution in [0.15, 0.2) is 54.6 Å². The van der Waals surface area contributed by atoms with Gasteiger partial charge in [0.2, 0.25) is 0 Å². The Bertz CT molecular complexity index is 768. The highest BCUT2D eigenvalue weighted by Gasteiger charge is 2.30. The monoisotopic (exact) mass is 360 g/mol. The summed E-state index contributed by atoms with van der Waals surface area (Å²) in [5.41, 5.74) is 2.50. The van der Waals surface area contributed by atoms with Gasteiger partial charge < -0.3 is 4.74 Å². The van der Waals surface area contributed by atoms with E-state index in [1.54, 1.807) is 6.08 Å². The Labute approximate surface area is 150 Å². The number of allylic oxidation sites excluding steroid dienone is 1. The summed E-state index contributed by atoms with van der Waals surface area (Å²) in [6.07, 6.45) is 3.23. The molecule has 0 N–H and O–H groups in total. The number of ether oxygens (including phenoxy) is 1. The van der Waals surface area contributed by atoms with Gasteiger partial charge in [-0.3, -0.25) is 4.79 Å². The van der Waals surface area contributed by atoms with Crippen LogP contribution in [0.4, 0.5) is 13.2 Å². The molecule has 2 aromatic rings. The second-order valence-corrected chi connectivity index (χ2v) is 6.42. The Kier molecular flexibility index (Phi) is 5.45. The van der Waals surface area contributed by atoms with Gasteiger partial charge in [-0.1, -0.05) is 55.3 Å². The molecule has 1 saturated carbocycles. The summed E-state index contributed by atoms with van der Waals surface area (Å²) in [4.78, 5) is 12.2. The number of rotatable bonds is 5. The van der Waals surface area contributed by atoms with E-state index in [1.165, 1.54) is 61.6 Å². The van der Waals surface area contributed by atoms with Gasteiger partial charge in [-0.05, 0) is 48.1 Å². The lowest BCUT2D eigenvalue weighted by Gasteiger charge is -2.09. The lowest BCUT2D eigenvalue weighted by atomic mass is 9.96. The van der Waals surface area contributed by atoms with Gasteiger partial charge in [0.05, 0.1) is 0 Å². The van der Waals surface area contributed by atoms with Crippen LogP contribution < -0.4 is 4.74 Å². The van der Waals surface area contributed by atoms with Crippen molar-refractivity contribution in [1.82, 2.24) is 0 Å². The van der Waals surface area contributed by atoms with Crippen LogP contribution in [-0.4, -0.2) is 12.1 Å². The maximum atomic E-state index is 12.2. The fourth-order valence-electron chi connectivity index (χ4n) is 3.23. The van der Waals surface area contributed by atoms with E-state index < -0.39 is 6.36 Å². The minimum Gasteiger partial charge on any atom is -0.406 e. The standard InChI is InChI=1S/C21H19F3O2/c22-21(23,24)26-19-12-5-15(6-13-19)7-14-20(25)18-10-8-17(9-11-18)16-3-1-2-4-16/h5-14,16H,1-4H2/b14-7+. The Hall–Kier alpha value is -2.56. The third-order valence-electron chi connectivity index (χ3n) is 4.56. The predicted molar refractivity (Wildman–Crippen MR) is 94.1 cm³/mol. The van der Waals surface area contributed by atoms with E-state index in [0.29, 0.717) is 17.0 Å². The minimum absolute atomic E-state index is 0.140. The topological polar surface area (TPSA) is 26.3 Å². The maximum absolute atomic E-state index is 12.2. The average Bonchev–Trinajstić information content (AvgIpc) is 3.14. The summed E-state index contributed by atoms with van der Waals surface area (Å²) in [6, 6.07) is 13.1. The number of hydrogen-bond donors (Lipinski definition) is 0. The van der Waals surface area contributed by atoms with Gasteiger partial charge in [0.15, 0.2) is 5.78 Å². The fourth-order valence-corrected chi connectivity index (χ4v) is 3.23. The van der Waals surface area contributed by atoms with Crippen molar-refractivity contribution in [3.8, 4) is 5.75 Å². The highest BCUT2D eigenvalue weighted by atomic mass is 19.4. The molecule has 0 radical (unpaired) electrons. The number of alkyl halides is 3. The zero-order chi connectivity index (χ0) is 18.6. The molecule has 0 bridgehead atoms. The van der Waals surface area contributed by atoms with E-state index in [4.69, 9.17) is 0 Å². The SMILES string of the molecule is O=C(/C=C/c1ccc(OC(F)(F)F)cc1)c1ccc(C2CCCC2)cc1. The summed E-state index contributed by atoms with van der Waals surface area (Å²) < 4.78 is 40.2. The summed E-state index contributed by atoms with van der Waals surface area (Å²) in [5.74, 6) is 0.175. The van der Waals surface area contributed by atoms with Crippen molar-refractivity contribution in [2.24, 2.45) is 0 Å². The number of benzene rings is 2. The molecule has 1 fully saturated rings. The van der Waals surface area contributed by atoms with Crippen molar-refractivity contribution in [2.45, 2.75) is 38.0 Å². The van der Waals surface area contributed by atoms with Crippen LogP contribution in [0.3, 0.4) is 0 Å². The normalized spacial score (nSPS) is 15.5. The molecule has 0 spiro atoms. The van der Waals surface area contributed by atoms with Crippen LogP contribution in [0.2, 0.25) is 0 Å². The number of halogens is 3. The lowest BCUT2D eigenvalue weighted by molar-refractivity contribution is -0.274. The third-order valence-corrected chi connectivity index (χ3v) is 4.56. The summed E-state index contributed by atoms with van der Waals surface area (Å²) in [6.45, 7) is 0. The molecule has 0 unspecified atom stereocenters. The van der Waals surface area contributed by atoms with Gasteiger partial charge in [0.25, 0.3) is 0 Å². The zero-order valence-corrected chi connectivity index (χ0v) is 14.1. The van der Waals surface area contributed by atoms with Crippen molar-refractivity contribution in [3.63, 3.8) is 0 Å². The molecule has 2 nitrogen and oxygen atoms in total. The van der Waals surface area contributed by atoms with Gasteiger partial charge in [-0.15, -0.1) is 13.2 Å². The molecule has 0 heterocycles. The molecule has 26 heavy (non-hydrogen) atoms. The summed E-state index contributed by atoms with van der Waals surface area (Å²) in [7, 11) is 0. The average molecular weight is 360 g/mol. The van der Waals surface area contributed by atoms with Crippen molar-refractivity contribution in [3.05, 3.63) is 71.3 Å². The molecule has 0 aliphatic heterocycles. The van der Waals surface area contributed by atoms with Crippen LogP contribution in [0.25, 0.3) is 6.08 Å². The molecule has 0 atom stereocenters. The van der Waals surface area contributed by atoms with E-state index >= 15 is 0 Å². The van der Waals surface area contributed by atoms with Crippen LogP contribution in [-0.2, 0) is 0 Å². The van der Waals surface area contributed by atoms with Gasteiger partial charge in [-0.25, -0.2) is 0 Å². The second-order valence-electron chi connectivity index (χ2n) is 6.42. The van der Waals surface area contributed by atoms with Crippen LogP contribution in [0.5, 0.6) is 5.75 Å². The molecule has 5 heteroatoms. The molecular weight excluding hydrogens is 341 g/mol. The van der Waals surface area contributed by atoms with Gasteiger partial charge in [-0.2, -0.15) is 0 Å². The Morgan fingerprint density at radius 2 is 1.58 bits per heavy atom. The first-order valence-electron chi connectivity index (χ1n) is 8.59. The fraction of sp³-hybridized carbons (Fsp3) is 0.286. The highest BCUT2D eigenvalue weighted by molar-refractivity contribution is 6.06. The highest BCUT2D eigenvalue weighted by Crippen LogP contribution is 2.34. The van der Waals surface area contributed by atoms with Crippen molar-refractivity contribution in [2.75, 3.05) is 0 Å². The predicted octanol–water partition coefficient (Wildman–Crippen LogP) is 6.14.